The third-order valence-electron chi connectivity index (χ3n) is 4.46. The number of aromatic nitrogens is 2. The molecule has 1 saturated heterocycles. The molecular formula is C18H24N4O11. The molecule has 1 aliphatic rings. The van der Waals surface area contributed by atoms with E-state index >= 15 is 0 Å². The highest BCUT2D eigenvalue weighted by molar-refractivity contribution is 5.91. The number of carbonyl (C=O) groups excluding carboxylic acids is 4. The minimum atomic E-state index is -1.48. The van der Waals surface area contributed by atoms with Crippen LogP contribution in [0.25, 0.3) is 0 Å². The van der Waals surface area contributed by atoms with Crippen molar-refractivity contribution in [3.05, 3.63) is 22.7 Å². The molecule has 0 saturated carbocycles. The predicted octanol–water partition coefficient (Wildman–Crippen LogP) is -3.12. The van der Waals surface area contributed by atoms with E-state index in [4.69, 9.17) is 15.6 Å². The van der Waals surface area contributed by atoms with Gasteiger partial charge in [-0.05, 0) is 6.07 Å². The Morgan fingerprint density at radius 2 is 1.73 bits per heavy atom. The number of aliphatic hydroxyl groups excluding tert-OH is 3. The highest BCUT2D eigenvalue weighted by Gasteiger charge is 2.43. The van der Waals surface area contributed by atoms with Crippen molar-refractivity contribution in [1.29, 1.82) is 0 Å². The van der Waals surface area contributed by atoms with Crippen LogP contribution in [0.5, 0.6) is 0 Å². The largest absolute Gasteiger partial charge is 0.428 e. The number of carbonyl (C=O) groups is 4. The molecule has 4 atom stereocenters. The number of nitrogens with zero attached hydrogens (tertiary/aromatic N) is 2. The summed E-state index contributed by atoms with van der Waals surface area (Å²) in [6.07, 6.45) is -5.19. The van der Waals surface area contributed by atoms with E-state index in [1.165, 1.54) is 12.3 Å². The molecular weight excluding hydrogens is 448 g/mol. The second-order valence-electron chi connectivity index (χ2n) is 6.90. The molecule has 182 valence electrons. The molecule has 15 nitrogen and oxygen atoms in total. The van der Waals surface area contributed by atoms with Crippen LogP contribution in [0, 0.1) is 0 Å². The van der Waals surface area contributed by atoms with Crippen LogP contribution in [-0.2, 0) is 33.4 Å². The normalized spacial score (nSPS) is 21.9. The minimum Gasteiger partial charge on any atom is -0.428 e. The Morgan fingerprint density at radius 3 is 2.27 bits per heavy atom. The number of rotatable bonds is 11. The first kappa shape index (κ1) is 25.9. The molecule has 6 N–H and O–H groups in total. The second kappa shape index (κ2) is 12.0. The lowest BCUT2D eigenvalue weighted by molar-refractivity contribution is -0.167. The predicted molar refractivity (Wildman–Crippen MR) is 105 cm³/mol. The van der Waals surface area contributed by atoms with Gasteiger partial charge >= 0.3 is 17.6 Å². The van der Waals surface area contributed by atoms with Crippen LogP contribution in [0.3, 0.4) is 0 Å². The zero-order chi connectivity index (χ0) is 24.5. The first-order valence-corrected chi connectivity index (χ1v) is 9.73. The van der Waals surface area contributed by atoms with E-state index in [1.807, 2.05) is 0 Å². The fourth-order valence-corrected chi connectivity index (χ4v) is 2.74. The number of primary amides is 1. The summed E-state index contributed by atoms with van der Waals surface area (Å²) in [5.41, 5.74) is 3.98. The molecule has 1 aliphatic heterocycles. The molecule has 0 radical (unpaired) electrons. The van der Waals surface area contributed by atoms with E-state index in [9.17, 15) is 34.2 Å². The summed E-state index contributed by atoms with van der Waals surface area (Å²) in [4.78, 5) is 61.2. The van der Waals surface area contributed by atoms with Crippen LogP contribution >= 0.6 is 0 Å². The maximum atomic E-state index is 12.2. The SMILES string of the molecule is NC(=O)CCC(=O)OCOC(=O)CCC(=O)Nc1ccn([C@@H]2O[C@H](CO)C(O)[C@H]2O)c(=O)n1. The van der Waals surface area contributed by atoms with Crippen molar-refractivity contribution in [1.82, 2.24) is 9.55 Å². The molecule has 0 spiro atoms. The number of anilines is 1. The van der Waals surface area contributed by atoms with Crippen molar-refractivity contribution in [2.24, 2.45) is 5.73 Å². The number of ether oxygens (including phenoxy) is 3. The Balaban J connectivity index is 1.77. The summed E-state index contributed by atoms with van der Waals surface area (Å²) in [6.45, 7) is -1.25. The Bertz CT molecular complexity index is 934. The van der Waals surface area contributed by atoms with E-state index in [1.54, 1.807) is 0 Å². The molecule has 1 fully saturated rings. The van der Waals surface area contributed by atoms with E-state index < -0.39 is 67.4 Å². The topological polar surface area (TPSA) is 230 Å². The Morgan fingerprint density at radius 1 is 1.09 bits per heavy atom. The molecule has 0 aromatic carbocycles. The van der Waals surface area contributed by atoms with E-state index in [2.05, 4.69) is 19.8 Å². The van der Waals surface area contributed by atoms with Gasteiger partial charge in [0.2, 0.25) is 18.6 Å². The van der Waals surface area contributed by atoms with Gasteiger partial charge in [-0.1, -0.05) is 0 Å². The monoisotopic (exact) mass is 472 g/mol. The number of hydrogen-bond acceptors (Lipinski definition) is 12. The van der Waals surface area contributed by atoms with Gasteiger partial charge in [-0.3, -0.25) is 23.7 Å². The Kier molecular flexibility index (Phi) is 9.41. The number of nitrogens with two attached hydrogens (primary N) is 1. The molecule has 2 amide bonds. The van der Waals surface area contributed by atoms with Crippen molar-refractivity contribution >= 4 is 29.6 Å². The second-order valence-corrected chi connectivity index (χ2v) is 6.90. The van der Waals surface area contributed by atoms with Crippen LogP contribution in [0.1, 0.15) is 31.9 Å². The molecule has 1 aromatic rings. The molecule has 0 aliphatic carbocycles. The van der Waals surface area contributed by atoms with Crippen molar-refractivity contribution in [3.8, 4) is 0 Å². The highest BCUT2D eigenvalue weighted by Crippen LogP contribution is 2.28. The van der Waals surface area contributed by atoms with Crippen molar-refractivity contribution in [3.63, 3.8) is 0 Å². The van der Waals surface area contributed by atoms with E-state index in [0.717, 1.165) is 4.57 Å². The third-order valence-corrected chi connectivity index (χ3v) is 4.46. The number of nitrogens with one attached hydrogen (secondary N) is 1. The smallest absolute Gasteiger partial charge is 0.351 e. The van der Waals surface area contributed by atoms with E-state index in [-0.39, 0.29) is 31.5 Å². The molecule has 2 heterocycles. The first-order chi connectivity index (χ1) is 15.6. The van der Waals surface area contributed by atoms with Crippen molar-refractivity contribution in [2.75, 3.05) is 18.7 Å². The zero-order valence-electron chi connectivity index (χ0n) is 17.3. The summed E-state index contributed by atoms with van der Waals surface area (Å²) in [5.74, 6) is -3.09. The lowest BCUT2D eigenvalue weighted by atomic mass is 10.1. The van der Waals surface area contributed by atoms with Gasteiger partial charge in [0.05, 0.1) is 19.4 Å². The van der Waals surface area contributed by atoms with Gasteiger partial charge in [0, 0.05) is 19.0 Å². The summed E-state index contributed by atoms with van der Waals surface area (Å²) in [6, 6.07) is 1.23. The van der Waals surface area contributed by atoms with Crippen LogP contribution in [0.15, 0.2) is 17.1 Å². The van der Waals surface area contributed by atoms with Gasteiger partial charge < -0.3 is 40.6 Å². The maximum Gasteiger partial charge on any atom is 0.351 e. The van der Waals surface area contributed by atoms with Gasteiger partial charge in [-0.15, -0.1) is 0 Å². The lowest BCUT2D eigenvalue weighted by Gasteiger charge is -2.17. The fraction of sp³-hybridized carbons (Fsp3) is 0.556. The molecule has 1 unspecified atom stereocenters. The summed E-state index contributed by atoms with van der Waals surface area (Å²) >= 11 is 0. The fourth-order valence-electron chi connectivity index (χ4n) is 2.74. The van der Waals surface area contributed by atoms with Crippen molar-refractivity contribution < 1.29 is 48.7 Å². The lowest BCUT2D eigenvalue weighted by Crippen LogP contribution is -2.36. The standard InChI is InChI=1S/C18H24N4O11/c19-10(24)1-3-13(26)31-8-32-14(27)4-2-12(25)20-11-5-6-22(18(30)21-11)17-16(29)15(28)9(7-23)33-17/h5-6,9,15-17,23,28-29H,1-4,7-8H2,(H2,19,24)(H,20,21,25,30)/t9-,15?,16-,17-/m1/s1. The summed E-state index contributed by atoms with van der Waals surface area (Å²) in [7, 11) is 0. The maximum absolute atomic E-state index is 12.2. The Hall–Kier alpha value is -3.40. The summed E-state index contributed by atoms with van der Waals surface area (Å²) in [5, 5.41) is 31.2. The van der Waals surface area contributed by atoms with Crippen LogP contribution in [0.2, 0.25) is 0 Å². The summed E-state index contributed by atoms with van der Waals surface area (Å²) < 4.78 is 15.3. The van der Waals surface area contributed by atoms with Gasteiger partial charge in [0.15, 0.2) is 6.23 Å². The third kappa shape index (κ3) is 7.60. The molecule has 15 heteroatoms. The average Bonchev–Trinajstić information content (AvgIpc) is 3.05. The van der Waals surface area contributed by atoms with E-state index in [0.29, 0.717) is 0 Å². The number of esters is 2. The molecule has 33 heavy (non-hydrogen) atoms. The Labute approximate surface area is 186 Å². The number of aliphatic hydroxyl groups is 3. The zero-order valence-corrected chi connectivity index (χ0v) is 17.3. The quantitative estimate of drug-likeness (QED) is 0.159. The van der Waals surface area contributed by atoms with Crippen LogP contribution in [-0.4, -0.2) is 80.3 Å². The first-order valence-electron chi connectivity index (χ1n) is 9.73. The minimum absolute atomic E-state index is 0.134. The highest BCUT2D eigenvalue weighted by atomic mass is 16.7. The van der Waals surface area contributed by atoms with Gasteiger partial charge in [-0.25, -0.2) is 4.79 Å². The molecule has 2 rings (SSSR count). The molecule has 1 aromatic heterocycles. The average molecular weight is 472 g/mol. The number of hydrogen-bond donors (Lipinski definition) is 5. The van der Waals surface area contributed by atoms with Crippen LogP contribution < -0.4 is 16.7 Å². The van der Waals surface area contributed by atoms with Gasteiger partial charge in [0.25, 0.3) is 0 Å². The number of amides is 2. The van der Waals surface area contributed by atoms with Gasteiger partial charge in [0.1, 0.15) is 24.1 Å². The van der Waals surface area contributed by atoms with Gasteiger partial charge in [-0.2, -0.15) is 4.98 Å². The molecule has 0 bridgehead atoms. The van der Waals surface area contributed by atoms with Crippen LogP contribution in [0.4, 0.5) is 5.82 Å². The van der Waals surface area contributed by atoms with Crippen molar-refractivity contribution in [2.45, 2.75) is 50.2 Å².